The fourth-order valence-electron chi connectivity index (χ4n) is 7.76. The number of hydrogen-bond acceptors (Lipinski definition) is 1. The van der Waals surface area contributed by atoms with Crippen molar-refractivity contribution in [3.63, 3.8) is 0 Å². The molecule has 0 aliphatic carbocycles. The van der Waals surface area contributed by atoms with E-state index < -0.39 is 0 Å². The first-order valence-electron chi connectivity index (χ1n) is 18.9. The van der Waals surface area contributed by atoms with E-state index in [2.05, 4.69) is 241 Å². The van der Waals surface area contributed by atoms with Gasteiger partial charge in [0.2, 0.25) is 0 Å². The van der Waals surface area contributed by atoms with Gasteiger partial charge < -0.3 is 4.90 Å². The topological polar surface area (TPSA) is 3.24 Å². The molecule has 0 aliphatic heterocycles. The maximum absolute atomic E-state index is 2.44. The summed E-state index contributed by atoms with van der Waals surface area (Å²) in [4.78, 5) is 2.44. The lowest BCUT2D eigenvalue weighted by Gasteiger charge is -2.31. The summed E-state index contributed by atoms with van der Waals surface area (Å²) >= 11 is 0. The van der Waals surface area contributed by atoms with E-state index in [0.29, 0.717) is 0 Å². The number of nitrogens with zero attached hydrogens (tertiary/aromatic N) is 1. The lowest BCUT2D eigenvalue weighted by molar-refractivity contribution is 1.28. The summed E-state index contributed by atoms with van der Waals surface area (Å²) in [6.45, 7) is 0. The fourth-order valence-corrected chi connectivity index (χ4v) is 7.76. The molecule has 1 nitrogen and oxygen atoms in total. The minimum Gasteiger partial charge on any atom is -0.309 e. The number of hydrogen-bond donors (Lipinski definition) is 0. The third-order valence-corrected chi connectivity index (χ3v) is 10.3. The van der Waals surface area contributed by atoms with Crippen LogP contribution in [-0.2, 0) is 0 Å². The van der Waals surface area contributed by atoms with Crippen LogP contribution in [0, 0.1) is 0 Å². The molecule has 0 heterocycles. The van der Waals surface area contributed by atoms with Crippen molar-refractivity contribution in [2.45, 2.75) is 0 Å². The van der Waals surface area contributed by atoms with E-state index in [1.165, 1.54) is 55.6 Å². The largest absolute Gasteiger partial charge is 0.309 e. The summed E-state index contributed by atoms with van der Waals surface area (Å²) in [6, 6.07) is 85.1. The van der Waals surface area contributed by atoms with Gasteiger partial charge in [0, 0.05) is 16.8 Å². The molecule has 9 aromatic rings. The second-order valence-electron chi connectivity index (χ2n) is 13.7. The van der Waals surface area contributed by atoms with Gasteiger partial charge in [-0.05, 0) is 79.9 Å². The van der Waals surface area contributed by atoms with Crippen LogP contribution in [0.25, 0.3) is 66.8 Å². The van der Waals surface area contributed by atoms with Gasteiger partial charge in [0.15, 0.2) is 0 Å². The second kappa shape index (κ2) is 15.4. The van der Waals surface area contributed by atoms with Crippen molar-refractivity contribution in [2.75, 3.05) is 4.90 Å². The Morgan fingerprint density at radius 1 is 0.200 bits per heavy atom. The normalized spacial score (nSPS) is 10.9. The van der Waals surface area contributed by atoms with Crippen LogP contribution in [0.3, 0.4) is 0 Å². The summed E-state index contributed by atoms with van der Waals surface area (Å²) in [7, 11) is 0. The number of anilines is 3. The Hall–Kier alpha value is -7.22. The van der Waals surface area contributed by atoms with Crippen LogP contribution in [0.15, 0.2) is 237 Å². The Morgan fingerprint density at radius 3 is 1.15 bits per heavy atom. The average Bonchev–Trinajstić information content (AvgIpc) is 3.28. The molecule has 0 saturated heterocycles. The van der Waals surface area contributed by atoms with E-state index in [9.17, 15) is 0 Å². The zero-order valence-electron chi connectivity index (χ0n) is 30.5. The summed E-state index contributed by atoms with van der Waals surface area (Å²) in [6.07, 6.45) is 0. The predicted octanol–water partition coefficient (Wildman–Crippen LogP) is 15.2. The minimum absolute atomic E-state index is 1.08. The number of para-hydroxylation sites is 2. The smallest absolute Gasteiger partial charge is 0.0540 e. The van der Waals surface area contributed by atoms with Crippen LogP contribution in [-0.4, -0.2) is 0 Å². The standard InChI is InChI=1S/C54H39N/c1-5-20-40(21-6-1)41-36-38-45(39-37-41)55(52-34-17-15-29-47(52)43-24-9-3-10-25-43)53-35-18-16-30-49(53)51-33-19-32-48(44-26-11-4-12-27-44)54(51)50-31-14-13-28-46(50)42-22-7-2-8-23-42/h1-39H. The van der Waals surface area contributed by atoms with E-state index in [4.69, 9.17) is 0 Å². The highest BCUT2D eigenvalue weighted by molar-refractivity contribution is 6.03. The van der Waals surface area contributed by atoms with Crippen LogP contribution >= 0.6 is 0 Å². The van der Waals surface area contributed by atoms with Gasteiger partial charge >= 0.3 is 0 Å². The molecule has 0 radical (unpaired) electrons. The molecule has 0 spiro atoms. The first-order chi connectivity index (χ1) is 27.3. The van der Waals surface area contributed by atoms with Crippen molar-refractivity contribution >= 4 is 17.1 Å². The van der Waals surface area contributed by atoms with Crippen molar-refractivity contribution in [1.29, 1.82) is 0 Å². The zero-order valence-corrected chi connectivity index (χ0v) is 30.5. The van der Waals surface area contributed by atoms with Gasteiger partial charge in [-0.15, -0.1) is 0 Å². The van der Waals surface area contributed by atoms with Gasteiger partial charge in [0.25, 0.3) is 0 Å². The third kappa shape index (κ3) is 6.76. The lowest BCUT2D eigenvalue weighted by Crippen LogP contribution is -2.12. The Balaban J connectivity index is 1.31. The molecule has 0 unspecified atom stereocenters. The van der Waals surface area contributed by atoms with Gasteiger partial charge in [-0.25, -0.2) is 0 Å². The quantitative estimate of drug-likeness (QED) is 0.145. The Kier molecular flexibility index (Phi) is 9.41. The molecule has 0 atom stereocenters. The van der Waals surface area contributed by atoms with E-state index in [0.717, 1.165) is 28.2 Å². The number of rotatable bonds is 9. The van der Waals surface area contributed by atoms with Crippen LogP contribution in [0.5, 0.6) is 0 Å². The monoisotopic (exact) mass is 701 g/mol. The van der Waals surface area contributed by atoms with E-state index in [1.54, 1.807) is 0 Å². The van der Waals surface area contributed by atoms with Gasteiger partial charge in [-0.2, -0.15) is 0 Å². The summed E-state index contributed by atoms with van der Waals surface area (Å²) in [5.41, 5.74) is 17.5. The van der Waals surface area contributed by atoms with Crippen molar-refractivity contribution < 1.29 is 0 Å². The fraction of sp³-hybridized carbons (Fsp3) is 0. The molecule has 0 bridgehead atoms. The van der Waals surface area contributed by atoms with Crippen molar-refractivity contribution in [2.24, 2.45) is 0 Å². The lowest BCUT2D eigenvalue weighted by atomic mass is 9.84. The molecule has 0 N–H and O–H groups in total. The molecule has 0 saturated carbocycles. The van der Waals surface area contributed by atoms with E-state index in [1.807, 2.05) is 0 Å². The first kappa shape index (κ1) is 33.6. The molecular weight excluding hydrogens is 663 g/mol. The average molecular weight is 702 g/mol. The van der Waals surface area contributed by atoms with Gasteiger partial charge in [0.1, 0.15) is 0 Å². The molecule has 55 heavy (non-hydrogen) atoms. The van der Waals surface area contributed by atoms with Crippen LogP contribution in [0.1, 0.15) is 0 Å². The predicted molar refractivity (Wildman–Crippen MR) is 234 cm³/mol. The van der Waals surface area contributed by atoms with E-state index >= 15 is 0 Å². The Morgan fingerprint density at radius 2 is 0.564 bits per heavy atom. The molecular formula is C54H39N. The maximum atomic E-state index is 2.44. The second-order valence-corrected chi connectivity index (χ2v) is 13.7. The number of benzene rings is 9. The van der Waals surface area contributed by atoms with Crippen molar-refractivity contribution in [1.82, 2.24) is 0 Å². The van der Waals surface area contributed by atoms with Gasteiger partial charge in [-0.3, -0.25) is 0 Å². The SMILES string of the molecule is c1ccc(-c2ccc(N(c3ccccc3-c3ccccc3)c3ccccc3-c3cccc(-c4ccccc4)c3-c3ccccc3-c3ccccc3)cc2)cc1. The third-order valence-electron chi connectivity index (χ3n) is 10.3. The Labute approximate surface area is 324 Å². The molecule has 260 valence electrons. The van der Waals surface area contributed by atoms with Gasteiger partial charge in [-0.1, -0.05) is 212 Å². The molecule has 0 aromatic heterocycles. The van der Waals surface area contributed by atoms with Crippen LogP contribution < -0.4 is 4.90 Å². The maximum Gasteiger partial charge on any atom is 0.0540 e. The van der Waals surface area contributed by atoms with Gasteiger partial charge in [0.05, 0.1) is 11.4 Å². The highest BCUT2D eigenvalue weighted by Gasteiger charge is 2.24. The van der Waals surface area contributed by atoms with Crippen molar-refractivity contribution in [3.05, 3.63) is 237 Å². The van der Waals surface area contributed by atoms with Crippen molar-refractivity contribution in [3.8, 4) is 66.8 Å². The molecule has 9 rings (SSSR count). The summed E-state index contributed by atoms with van der Waals surface area (Å²) < 4.78 is 0. The molecule has 1 heteroatoms. The Bertz CT molecular complexity index is 2670. The van der Waals surface area contributed by atoms with Crippen LogP contribution in [0.2, 0.25) is 0 Å². The molecule has 0 aliphatic rings. The van der Waals surface area contributed by atoms with E-state index in [-0.39, 0.29) is 0 Å². The highest BCUT2D eigenvalue weighted by Crippen LogP contribution is 2.49. The molecule has 9 aromatic carbocycles. The zero-order chi connectivity index (χ0) is 36.8. The highest BCUT2D eigenvalue weighted by atomic mass is 15.1. The van der Waals surface area contributed by atoms with Crippen LogP contribution in [0.4, 0.5) is 17.1 Å². The molecule has 0 amide bonds. The first-order valence-corrected chi connectivity index (χ1v) is 18.9. The summed E-state index contributed by atoms with van der Waals surface area (Å²) in [5, 5.41) is 0. The minimum atomic E-state index is 1.08. The summed E-state index contributed by atoms with van der Waals surface area (Å²) in [5.74, 6) is 0. The molecule has 0 fully saturated rings.